The van der Waals surface area contributed by atoms with Gasteiger partial charge in [-0.15, -0.1) is 0 Å². The zero-order valence-electron chi connectivity index (χ0n) is 16.3. The topological polar surface area (TPSA) is 66.5 Å². The summed E-state index contributed by atoms with van der Waals surface area (Å²) in [5.74, 6) is 0.405. The molecule has 0 radical (unpaired) electrons. The first kappa shape index (κ1) is 20.3. The lowest BCUT2D eigenvalue weighted by Gasteiger charge is -2.29. The van der Waals surface area contributed by atoms with Crippen LogP contribution in [0, 0.1) is 5.92 Å². The lowest BCUT2D eigenvalue weighted by molar-refractivity contribution is 0.0930. The maximum absolute atomic E-state index is 12.9. The fourth-order valence-corrected chi connectivity index (χ4v) is 5.56. The average molecular weight is 393 g/mol. The van der Waals surface area contributed by atoms with Crippen LogP contribution in [0.25, 0.3) is 0 Å². The van der Waals surface area contributed by atoms with Crippen LogP contribution in [0.3, 0.4) is 0 Å². The van der Waals surface area contributed by atoms with Crippen LogP contribution >= 0.6 is 0 Å². The number of amides is 1. The van der Waals surface area contributed by atoms with Crippen LogP contribution in [-0.4, -0.2) is 37.8 Å². The molecular weight excluding hydrogens is 360 g/mol. The summed E-state index contributed by atoms with van der Waals surface area (Å²) >= 11 is 0. The normalized spacial score (nSPS) is 21.4. The van der Waals surface area contributed by atoms with E-state index in [0.29, 0.717) is 24.6 Å². The largest absolute Gasteiger partial charge is 0.349 e. The highest BCUT2D eigenvalue weighted by Gasteiger charge is 2.28. The van der Waals surface area contributed by atoms with Gasteiger partial charge >= 0.3 is 0 Å². The summed E-state index contributed by atoms with van der Waals surface area (Å²) < 4.78 is 27.4. The molecular formula is C21H32N2O3S. The Kier molecular flexibility index (Phi) is 6.93. The second-order valence-electron chi connectivity index (χ2n) is 8.13. The van der Waals surface area contributed by atoms with Crippen LogP contribution in [0.4, 0.5) is 0 Å². The third-order valence-corrected chi connectivity index (χ3v) is 7.81. The SMILES string of the molecule is CC1CCN(S(=O)(=O)c2cccc(C(=O)NC3CCCCCCC3)c2)CC1. The quantitative estimate of drug-likeness (QED) is 0.844. The lowest BCUT2D eigenvalue weighted by Crippen LogP contribution is -2.38. The highest BCUT2D eigenvalue weighted by Crippen LogP contribution is 2.24. The molecule has 3 rings (SSSR count). The summed E-state index contributed by atoms with van der Waals surface area (Å²) in [6, 6.07) is 6.70. The van der Waals surface area contributed by atoms with E-state index < -0.39 is 10.0 Å². The minimum atomic E-state index is -3.53. The summed E-state index contributed by atoms with van der Waals surface area (Å²) in [5.41, 5.74) is 0.434. The number of hydrogen-bond acceptors (Lipinski definition) is 3. The van der Waals surface area contributed by atoms with Crippen molar-refractivity contribution in [2.45, 2.75) is 75.6 Å². The van der Waals surface area contributed by atoms with Crippen LogP contribution < -0.4 is 5.32 Å². The molecule has 1 heterocycles. The molecule has 1 saturated heterocycles. The molecule has 2 fully saturated rings. The molecule has 2 aliphatic rings. The Morgan fingerprint density at radius 1 is 1.00 bits per heavy atom. The summed E-state index contributed by atoms with van der Waals surface area (Å²) in [4.78, 5) is 12.9. The molecule has 0 spiro atoms. The molecule has 1 aromatic rings. The standard InChI is InChI=1S/C21H32N2O3S/c1-17-12-14-23(15-13-17)27(25,26)20-11-7-8-18(16-20)21(24)22-19-9-5-3-2-4-6-10-19/h7-8,11,16-17,19H,2-6,9-10,12-15H2,1H3,(H,22,24). The summed E-state index contributed by atoms with van der Waals surface area (Å²) in [6.45, 7) is 3.27. The Morgan fingerprint density at radius 3 is 2.30 bits per heavy atom. The van der Waals surface area contributed by atoms with E-state index in [4.69, 9.17) is 0 Å². The Balaban J connectivity index is 1.69. The van der Waals surface area contributed by atoms with Crippen LogP contribution in [0.15, 0.2) is 29.2 Å². The van der Waals surface area contributed by atoms with Crippen molar-refractivity contribution in [3.05, 3.63) is 29.8 Å². The van der Waals surface area contributed by atoms with Gasteiger partial charge in [0.25, 0.3) is 5.91 Å². The van der Waals surface area contributed by atoms with Crippen molar-refractivity contribution in [2.24, 2.45) is 5.92 Å². The van der Waals surface area contributed by atoms with E-state index in [0.717, 1.165) is 38.5 Å². The van der Waals surface area contributed by atoms with Gasteiger partial charge < -0.3 is 5.32 Å². The van der Waals surface area contributed by atoms with E-state index in [9.17, 15) is 13.2 Å². The third-order valence-electron chi connectivity index (χ3n) is 5.92. The van der Waals surface area contributed by atoms with Crippen molar-refractivity contribution < 1.29 is 13.2 Å². The molecule has 0 unspecified atom stereocenters. The molecule has 1 N–H and O–H groups in total. The number of rotatable bonds is 4. The van der Waals surface area contributed by atoms with Crippen molar-refractivity contribution >= 4 is 15.9 Å². The van der Waals surface area contributed by atoms with Crippen molar-refractivity contribution in [1.29, 1.82) is 0 Å². The van der Waals surface area contributed by atoms with Gasteiger partial charge in [-0.05, 0) is 49.8 Å². The zero-order chi connectivity index (χ0) is 19.3. The third kappa shape index (κ3) is 5.32. The van der Waals surface area contributed by atoms with E-state index >= 15 is 0 Å². The number of carbonyl (C=O) groups excluding carboxylic acids is 1. The number of piperidine rings is 1. The van der Waals surface area contributed by atoms with Crippen molar-refractivity contribution in [2.75, 3.05) is 13.1 Å². The Labute approximate surface area is 163 Å². The molecule has 1 amide bonds. The van der Waals surface area contributed by atoms with Gasteiger partial charge in [0.15, 0.2) is 0 Å². The van der Waals surface area contributed by atoms with Crippen LogP contribution in [0.2, 0.25) is 0 Å². The van der Waals surface area contributed by atoms with Gasteiger partial charge in [0.05, 0.1) is 4.90 Å². The van der Waals surface area contributed by atoms with Gasteiger partial charge in [-0.3, -0.25) is 4.79 Å². The highest BCUT2D eigenvalue weighted by atomic mass is 32.2. The molecule has 1 aliphatic heterocycles. The van der Waals surface area contributed by atoms with E-state index in [1.54, 1.807) is 22.5 Å². The Hall–Kier alpha value is -1.40. The monoisotopic (exact) mass is 392 g/mol. The molecule has 6 heteroatoms. The fourth-order valence-electron chi connectivity index (χ4n) is 4.04. The van der Waals surface area contributed by atoms with Crippen molar-refractivity contribution in [3.63, 3.8) is 0 Å². The predicted molar refractivity (Wildman–Crippen MR) is 107 cm³/mol. The fraction of sp³-hybridized carbons (Fsp3) is 0.667. The molecule has 5 nitrogen and oxygen atoms in total. The summed E-state index contributed by atoms with van der Waals surface area (Å²) in [7, 11) is -3.53. The van der Waals surface area contributed by atoms with Gasteiger partial charge in [0.1, 0.15) is 0 Å². The molecule has 1 saturated carbocycles. The first-order valence-electron chi connectivity index (χ1n) is 10.4. The second kappa shape index (κ2) is 9.20. The van der Waals surface area contributed by atoms with Gasteiger partial charge in [-0.2, -0.15) is 4.31 Å². The van der Waals surface area contributed by atoms with Crippen LogP contribution in [0.1, 0.15) is 75.1 Å². The number of carbonyl (C=O) groups is 1. The second-order valence-corrected chi connectivity index (χ2v) is 10.1. The minimum absolute atomic E-state index is 0.162. The number of sulfonamides is 1. The van der Waals surface area contributed by atoms with E-state index in [2.05, 4.69) is 12.2 Å². The lowest BCUT2D eigenvalue weighted by atomic mass is 9.96. The minimum Gasteiger partial charge on any atom is -0.349 e. The Bertz CT molecular complexity index is 732. The van der Waals surface area contributed by atoms with Gasteiger partial charge in [0.2, 0.25) is 10.0 Å². The first-order valence-corrected chi connectivity index (χ1v) is 11.8. The first-order chi connectivity index (χ1) is 13.0. The number of benzene rings is 1. The maximum Gasteiger partial charge on any atom is 0.251 e. The predicted octanol–water partition coefficient (Wildman–Crippen LogP) is 3.95. The number of hydrogen-bond donors (Lipinski definition) is 1. The van der Waals surface area contributed by atoms with Gasteiger partial charge in [-0.1, -0.05) is 45.1 Å². The number of nitrogens with zero attached hydrogens (tertiary/aromatic N) is 1. The average Bonchev–Trinajstić information content (AvgIpc) is 2.64. The smallest absolute Gasteiger partial charge is 0.251 e. The van der Waals surface area contributed by atoms with Crippen molar-refractivity contribution in [3.8, 4) is 0 Å². The molecule has 150 valence electrons. The highest BCUT2D eigenvalue weighted by molar-refractivity contribution is 7.89. The van der Waals surface area contributed by atoms with Crippen molar-refractivity contribution in [1.82, 2.24) is 9.62 Å². The van der Waals surface area contributed by atoms with Gasteiger partial charge in [0, 0.05) is 24.7 Å². The molecule has 27 heavy (non-hydrogen) atoms. The van der Waals surface area contributed by atoms with E-state index in [1.807, 2.05) is 0 Å². The number of nitrogens with one attached hydrogen (secondary N) is 1. The summed E-state index contributed by atoms with van der Waals surface area (Å²) in [6.07, 6.45) is 9.84. The van der Waals surface area contributed by atoms with Gasteiger partial charge in [-0.25, -0.2) is 8.42 Å². The maximum atomic E-state index is 12.9. The molecule has 0 aromatic heterocycles. The van der Waals surface area contributed by atoms with Crippen LogP contribution in [0.5, 0.6) is 0 Å². The Morgan fingerprint density at radius 2 is 1.63 bits per heavy atom. The molecule has 0 atom stereocenters. The summed E-state index contributed by atoms with van der Waals surface area (Å²) in [5, 5.41) is 3.12. The van der Waals surface area contributed by atoms with Crippen LogP contribution in [-0.2, 0) is 10.0 Å². The molecule has 1 aliphatic carbocycles. The zero-order valence-corrected chi connectivity index (χ0v) is 17.1. The molecule has 1 aromatic carbocycles. The van der Waals surface area contributed by atoms with E-state index in [-0.39, 0.29) is 16.8 Å². The molecule has 0 bridgehead atoms. The van der Waals surface area contributed by atoms with E-state index in [1.165, 1.54) is 25.3 Å².